The van der Waals surface area contributed by atoms with Gasteiger partial charge in [0.1, 0.15) is 4.90 Å². The van der Waals surface area contributed by atoms with Gasteiger partial charge in [-0.05, 0) is 6.07 Å². The maximum Gasteiger partial charge on any atom is 0.271 e. The van der Waals surface area contributed by atoms with Crippen LogP contribution in [0.4, 0.5) is 11.4 Å². The van der Waals surface area contributed by atoms with Crippen LogP contribution in [0, 0.1) is 10.1 Å². The van der Waals surface area contributed by atoms with Gasteiger partial charge in [0, 0.05) is 25.2 Å². The Labute approximate surface area is 120 Å². The fourth-order valence-corrected chi connectivity index (χ4v) is 3.46. The van der Waals surface area contributed by atoms with Crippen molar-refractivity contribution >= 4 is 27.3 Å². The van der Waals surface area contributed by atoms with E-state index in [0.717, 1.165) is 22.5 Å². The molecule has 0 radical (unpaired) electrons. The summed E-state index contributed by atoms with van der Waals surface area (Å²) in [5, 5.41) is 13.2. The molecule has 1 aliphatic rings. The van der Waals surface area contributed by atoms with E-state index in [1.165, 1.54) is 0 Å². The van der Waals surface area contributed by atoms with E-state index in [4.69, 9.17) is 5.84 Å². The number of piperazine rings is 1. The predicted octanol–water partition coefficient (Wildman–Crippen LogP) is -0.999. The van der Waals surface area contributed by atoms with Gasteiger partial charge in [0.2, 0.25) is 15.9 Å². The van der Waals surface area contributed by atoms with Crippen LogP contribution < -0.4 is 16.6 Å². The lowest BCUT2D eigenvalue weighted by atomic mass is 10.3. The Morgan fingerprint density at radius 1 is 1.43 bits per heavy atom. The highest BCUT2D eigenvalue weighted by Gasteiger charge is 2.31. The number of carbonyl (C=O) groups is 1. The van der Waals surface area contributed by atoms with E-state index in [9.17, 15) is 23.3 Å². The minimum absolute atomic E-state index is 0.102. The number of non-ortho nitro benzene ring substituents is 1. The Morgan fingerprint density at radius 3 is 2.71 bits per heavy atom. The molecular formula is C10H13N5O5S. The van der Waals surface area contributed by atoms with Gasteiger partial charge in [-0.1, -0.05) is 0 Å². The van der Waals surface area contributed by atoms with E-state index in [2.05, 4.69) is 10.7 Å². The van der Waals surface area contributed by atoms with Crippen LogP contribution in [0.25, 0.3) is 0 Å². The number of benzene rings is 1. The quantitative estimate of drug-likeness (QED) is 0.366. The molecule has 10 nitrogen and oxygen atoms in total. The molecule has 1 heterocycles. The van der Waals surface area contributed by atoms with Crippen LogP contribution in [0.2, 0.25) is 0 Å². The molecule has 0 aliphatic carbocycles. The van der Waals surface area contributed by atoms with Crippen LogP contribution in [0.3, 0.4) is 0 Å². The molecule has 0 saturated carbocycles. The maximum atomic E-state index is 12.5. The lowest BCUT2D eigenvalue weighted by molar-refractivity contribution is -0.384. The molecule has 0 aromatic heterocycles. The Hall–Kier alpha value is -2.24. The van der Waals surface area contributed by atoms with E-state index in [0.29, 0.717) is 0 Å². The molecular weight excluding hydrogens is 302 g/mol. The third-order valence-corrected chi connectivity index (χ3v) is 4.85. The third kappa shape index (κ3) is 2.94. The van der Waals surface area contributed by atoms with E-state index >= 15 is 0 Å². The van der Waals surface area contributed by atoms with Gasteiger partial charge in [-0.3, -0.25) is 20.8 Å². The first-order chi connectivity index (χ1) is 9.86. The molecule has 114 valence electrons. The fourth-order valence-electron chi connectivity index (χ4n) is 1.93. The molecule has 1 aromatic carbocycles. The monoisotopic (exact) mass is 315 g/mol. The van der Waals surface area contributed by atoms with Gasteiger partial charge in [-0.25, -0.2) is 8.42 Å². The summed E-state index contributed by atoms with van der Waals surface area (Å²) in [6.45, 7) is 0.0227. The summed E-state index contributed by atoms with van der Waals surface area (Å²) in [6, 6.07) is 3.18. The van der Waals surface area contributed by atoms with Crippen molar-refractivity contribution in [2.24, 2.45) is 5.84 Å². The summed E-state index contributed by atoms with van der Waals surface area (Å²) in [5.41, 5.74) is 1.74. The molecule has 1 saturated heterocycles. The molecule has 21 heavy (non-hydrogen) atoms. The summed E-state index contributed by atoms with van der Waals surface area (Å²) in [5.74, 6) is 4.83. The van der Waals surface area contributed by atoms with E-state index < -0.39 is 20.9 Å². The number of nitrogens with zero attached hydrogens (tertiary/aromatic N) is 2. The van der Waals surface area contributed by atoms with Gasteiger partial charge in [-0.2, -0.15) is 4.31 Å². The Bertz CT molecular complexity index is 689. The van der Waals surface area contributed by atoms with Gasteiger partial charge in [0.15, 0.2) is 0 Å². The maximum absolute atomic E-state index is 12.5. The number of amides is 1. The third-order valence-electron chi connectivity index (χ3n) is 2.95. The number of hydrazine groups is 1. The highest BCUT2D eigenvalue weighted by molar-refractivity contribution is 7.89. The van der Waals surface area contributed by atoms with Gasteiger partial charge in [0.05, 0.1) is 17.2 Å². The number of nitrogen functional groups attached to an aromatic ring is 1. The van der Waals surface area contributed by atoms with Crippen LogP contribution in [0.15, 0.2) is 23.1 Å². The van der Waals surface area contributed by atoms with Crippen LogP contribution in [0.5, 0.6) is 0 Å². The van der Waals surface area contributed by atoms with Crippen LogP contribution in [-0.4, -0.2) is 43.2 Å². The van der Waals surface area contributed by atoms with Crippen molar-refractivity contribution in [3.05, 3.63) is 28.3 Å². The first-order valence-electron chi connectivity index (χ1n) is 5.88. The highest BCUT2D eigenvalue weighted by atomic mass is 32.2. The van der Waals surface area contributed by atoms with Crippen molar-refractivity contribution in [1.82, 2.24) is 9.62 Å². The number of nitro benzene ring substituents is 1. The fraction of sp³-hybridized carbons (Fsp3) is 0.300. The minimum Gasteiger partial charge on any atom is -0.354 e. The van der Waals surface area contributed by atoms with E-state index in [1.54, 1.807) is 0 Å². The molecule has 1 amide bonds. The molecule has 1 aliphatic heterocycles. The van der Waals surface area contributed by atoms with Crippen molar-refractivity contribution in [2.45, 2.75) is 4.90 Å². The number of nitro groups is 1. The molecule has 2 rings (SSSR count). The largest absolute Gasteiger partial charge is 0.354 e. The first-order valence-corrected chi connectivity index (χ1v) is 7.32. The lowest BCUT2D eigenvalue weighted by Gasteiger charge is -2.26. The Kier molecular flexibility index (Phi) is 4.06. The van der Waals surface area contributed by atoms with Gasteiger partial charge in [0.25, 0.3) is 5.69 Å². The smallest absolute Gasteiger partial charge is 0.271 e. The van der Waals surface area contributed by atoms with Crippen LogP contribution in [-0.2, 0) is 14.8 Å². The number of sulfonamides is 1. The normalized spacial score (nSPS) is 16.3. The number of hydrogen-bond acceptors (Lipinski definition) is 7. The molecule has 1 aromatic rings. The van der Waals surface area contributed by atoms with Crippen molar-refractivity contribution in [1.29, 1.82) is 0 Å². The summed E-state index contributed by atoms with van der Waals surface area (Å²) in [4.78, 5) is 21.1. The van der Waals surface area contributed by atoms with E-state index in [1.807, 2.05) is 0 Å². The summed E-state index contributed by atoms with van der Waals surface area (Å²) >= 11 is 0. The number of nitrogens with one attached hydrogen (secondary N) is 2. The molecule has 0 spiro atoms. The number of carbonyl (C=O) groups excluding carboxylic acids is 1. The number of anilines is 1. The molecule has 1 fully saturated rings. The second-order valence-electron chi connectivity index (χ2n) is 4.27. The Balaban J connectivity index is 2.44. The van der Waals surface area contributed by atoms with Crippen LogP contribution in [0.1, 0.15) is 0 Å². The summed E-state index contributed by atoms with van der Waals surface area (Å²) in [6.07, 6.45) is 0. The number of hydrogen-bond donors (Lipinski definition) is 3. The summed E-state index contributed by atoms with van der Waals surface area (Å²) < 4.78 is 25.9. The zero-order chi connectivity index (χ0) is 15.6. The zero-order valence-electron chi connectivity index (χ0n) is 10.8. The predicted molar refractivity (Wildman–Crippen MR) is 72.7 cm³/mol. The average Bonchev–Trinajstić information content (AvgIpc) is 2.46. The molecule has 4 N–H and O–H groups in total. The van der Waals surface area contributed by atoms with Gasteiger partial charge < -0.3 is 10.7 Å². The van der Waals surface area contributed by atoms with Crippen molar-refractivity contribution in [3.63, 3.8) is 0 Å². The summed E-state index contributed by atoms with van der Waals surface area (Å²) in [7, 11) is -3.97. The molecule has 0 atom stereocenters. The average molecular weight is 315 g/mol. The Morgan fingerprint density at radius 2 is 2.14 bits per heavy atom. The second-order valence-corrected chi connectivity index (χ2v) is 6.18. The van der Waals surface area contributed by atoms with Crippen molar-refractivity contribution in [3.8, 4) is 0 Å². The van der Waals surface area contributed by atoms with E-state index in [-0.39, 0.29) is 35.9 Å². The standard InChI is InChI=1S/C10H13N5O5S/c11-13-8-5-7(15(17)18)1-2-9(8)21(19,20)14-4-3-12-10(16)6-14/h1-2,5,13H,3-4,6,11H2,(H,12,16). The zero-order valence-corrected chi connectivity index (χ0v) is 11.6. The molecule has 11 heteroatoms. The SMILES string of the molecule is NNc1cc([N+](=O)[O-])ccc1S(=O)(=O)N1CCNC(=O)C1. The first kappa shape index (κ1) is 15.2. The van der Waals surface area contributed by atoms with Crippen molar-refractivity contribution in [2.75, 3.05) is 25.1 Å². The number of rotatable bonds is 4. The van der Waals surface area contributed by atoms with Gasteiger partial charge in [-0.15, -0.1) is 0 Å². The topological polar surface area (TPSA) is 148 Å². The lowest BCUT2D eigenvalue weighted by Crippen LogP contribution is -2.49. The minimum atomic E-state index is -3.97. The van der Waals surface area contributed by atoms with Crippen molar-refractivity contribution < 1.29 is 18.1 Å². The molecule has 0 bridgehead atoms. The van der Waals surface area contributed by atoms with Gasteiger partial charge >= 0.3 is 0 Å². The second kappa shape index (κ2) is 5.63. The number of nitrogens with two attached hydrogens (primary N) is 1. The van der Waals surface area contributed by atoms with Crippen LogP contribution >= 0.6 is 0 Å². The molecule has 0 unspecified atom stereocenters. The highest BCUT2D eigenvalue weighted by Crippen LogP contribution is 2.28.